The fraction of sp³-hybridized carbons (Fsp3) is 0.730. The van der Waals surface area contributed by atoms with Crippen LogP contribution in [0.25, 0.3) is 0 Å². The number of hydrogen-bond donors (Lipinski definition) is 4. The summed E-state index contributed by atoms with van der Waals surface area (Å²) in [7, 11) is 1.59. The lowest BCUT2D eigenvalue weighted by Gasteiger charge is -2.35. The summed E-state index contributed by atoms with van der Waals surface area (Å²) in [6.07, 6.45) is 17.7. The molecule has 0 aromatic rings. The lowest BCUT2D eigenvalue weighted by atomic mass is 9.83. The third-order valence-electron chi connectivity index (χ3n) is 7.28. The monoisotopic (exact) mass is 736 g/mol. The fourth-order valence-corrected chi connectivity index (χ4v) is 4.62. The summed E-state index contributed by atoms with van der Waals surface area (Å²) < 4.78 is 36.9. The maximum atomic E-state index is 13.2. The van der Waals surface area contributed by atoms with E-state index in [1.165, 1.54) is 0 Å². The summed E-state index contributed by atoms with van der Waals surface area (Å²) in [5.74, 6) is 6.10. The van der Waals surface area contributed by atoms with Crippen molar-refractivity contribution in [2.24, 2.45) is 0 Å². The smallest absolute Gasteiger partial charge is 0.220 e. The molecule has 4 amide bonds. The Labute approximate surface area is 310 Å². The molecule has 0 bridgehead atoms. The molecule has 0 aliphatic rings. The maximum Gasteiger partial charge on any atom is 0.220 e. The van der Waals surface area contributed by atoms with Crippen molar-refractivity contribution in [2.75, 3.05) is 113 Å². The minimum Gasteiger partial charge on any atom is -0.385 e. The molecule has 52 heavy (non-hydrogen) atoms. The predicted molar refractivity (Wildman–Crippen MR) is 195 cm³/mol. The number of ether oxygens (including phenoxy) is 7. The van der Waals surface area contributed by atoms with Gasteiger partial charge in [0.15, 0.2) is 0 Å². The van der Waals surface area contributed by atoms with Gasteiger partial charge in [-0.3, -0.25) is 19.2 Å². The third-order valence-corrected chi connectivity index (χ3v) is 7.28. The van der Waals surface area contributed by atoms with Crippen molar-refractivity contribution in [3.05, 3.63) is 0 Å². The zero-order valence-electron chi connectivity index (χ0n) is 30.9. The van der Waals surface area contributed by atoms with E-state index in [9.17, 15) is 19.2 Å². The Morgan fingerprint density at radius 2 is 0.846 bits per heavy atom. The van der Waals surface area contributed by atoms with Gasteiger partial charge in [-0.25, -0.2) is 0 Å². The third kappa shape index (κ3) is 31.1. The molecular formula is C37H60N4O11. The van der Waals surface area contributed by atoms with E-state index in [1.807, 2.05) is 0 Å². The van der Waals surface area contributed by atoms with E-state index in [0.29, 0.717) is 59.1 Å². The normalized spacial score (nSPS) is 10.8. The number of carbonyl (C=O) groups excluding carboxylic acids is 4. The summed E-state index contributed by atoms with van der Waals surface area (Å²) in [6, 6.07) is 0. The number of unbranched alkanes of at least 4 members (excludes halogenated alkanes) is 1. The molecule has 0 saturated heterocycles. The summed E-state index contributed by atoms with van der Waals surface area (Å²) in [5, 5.41) is 11.5. The zero-order chi connectivity index (χ0) is 38.4. The number of nitrogens with one attached hydrogen (secondary N) is 4. The van der Waals surface area contributed by atoms with Crippen LogP contribution in [0.2, 0.25) is 0 Å². The largest absolute Gasteiger partial charge is 0.385 e. The summed E-state index contributed by atoms with van der Waals surface area (Å²) in [4.78, 5) is 51.8. The van der Waals surface area contributed by atoms with Gasteiger partial charge in [-0.15, -0.1) is 19.3 Å². The van der Waals surface area contributed by atoms with Crippen LogP contribution in [0.1, 0.15) is 57.8 Å². The number of hydrogen-bond acceptors (Lipinski definition) is 11. The molecule has 0 aliphatic heterocycles. The number of amides is 4. The minimum absolute atomic E-state index is 0.0453. The highest BCUT2D eigenvalue weighted by molar-refractivity contribution is 5.80. The molecule has 15 heteroatoms. The van der Waals surface area contributed by atoms with Crippen molar-refractivity contribution in [2.45, 2.75) is 63.3 Å². The van der Waals surface area contributed by atoms with Crippen molar-refractivity contribution in [3.8, 4) is 37.0 Å². The Morgan fingerprint density at radius 1 is 0.481 bits per heavy atom. The van der Waals surface area contributed by atoms with Crippen molar-refractivity contribution in [1.29, 1.82) is 0 Å². The van der Waals surface area contributed by atoms with Crippen LogP contribution in [-0.4, -0.2) is 142 Å². The summed E-state index contributed by atoms with van der Waals surface area (Å²) in [6.45, 7) is 4.80. The molecule has 0 atom stereocenters. The second-order valence-corrected chi connectivity index (χ2v) is 11.4. The highest BCUT2D eigenvalue weighted by Crippen LogP contribution is 2.26. The first kappa shape index (κ1) is 48.3. The molecule has 0 unspecified atom stereocenters. The Hall–Kier alpha value is -3.72. The van der Waals surface area contributed by atoms with Crippen LogP contribution in [-0.2, 0) is 52.3 Å². The second kappa shape index (κ2) is 35.7. The molecule has 4 N–H and O–H groups in total. The Bertz CT molecular complexity index is 973. The first-order chi connectivity index (χ1) is 25.3. The molecule has 0 saturated carbocycles. The Balaban J connectivity index is 5.40. The molecule has 0 aromatic heterocycles. The van der Waals surface area contributed by atoms with Crippen LogP contribution in [0.15, 0.2) is 0 Å². The number of methoxy groups -OCH3 is 1. The van der Waals surface area contributed by atoms with Gasteiger partial charge in [0.05, 0.1) is 59.5 Å². The summed E-state index contributed by atoms with van der Waals surface area (Å²) >= 11 is 0. The minimum atomic E-state index is -1.02. The zero-order valence-corrected chi connectivity index (χ0v) is 30.9. The van der Waals surface area contributed by atoms with Gasteiger partial charge in [-0.05, 0) is 32.1 Å². The number of terminal acetylenes is 3. The van der Waals surface area contributed by atoms with Crippen LogP contribution in [0.4, 0.5) is 0 Å². The molecule has 0 rings (SSSR count). The lowest BCUT2D eigenvalue weighted by Crippen LogP contribution is -2.50. The van der Waals surface area contributed by atoms with E-state index in [4.69, 9.17) is 52.4 Å². The van der Waals surface area contributed by atoms with Crippen LogP contribution in [0.3, 0.4) is 0 Å². The molecule has 0 spiro atoms. The van der Waals surface area contributed by atoms with E-state index in [-0.39, 0.29) is 128 Å². The van der Waals surface area contributed by atoms with Crippen molar-refractivity contribution in [1.82, 2.24) is 21.3 Å². The molecule has 0 aromatic carbocycles. The molecule has 15 nitrogen and oxygen atoms in total. The average Bonchev–Trinajstić information content (AvgIpc) is 3.14. The number of carbonyl (C=O) groups is 4. The van der Waals surface area contributed by atoms with Crippen LogP contribution >= 0.6 is 0 Å². The molecule has 0 heterocycles. The van der Waals surface area contributed by atoms with Gasteiger partial charge in [-0.1, -0.05) is 17.8 Å². The SMILES string of the molecule is C#CCOCCOCCNC(=O)CCC(CCC(=O)NCCOCCOCC#C)(CCC(=O)NCCOCCOCC#C)NC(=O)CCCCOC. The predicted octanol–water partition coefficient (Wildman–Crippen LogP) is 0.347. The summed E-state index contributed by atoms with van der Waals surface area (Å²) in [5.41, 5.74) is -1.02. The highest BCUT2D eigenvalue weighted by atomic mass is 16.5. The Morgan fingerprint density at radius 3 is 1.19 bits per heavy atom. The van der Waals surface area contributed by atoms with Crippen molar-refractivity contribution in [3.63, 3.8) is 0 Å². The van der Waals surface area contributed by atoms with E-state index >= 15 is 0 Å². The van der Waals surface area contributed by atoms with E-state index in [0.717, 1.165) is 0 Å². The van der Waals surface area contributed by atoms with Crippen LogP contribution in [0.5, 0.6) is 0 Å². The van der Waals surface area contributed by atoms with Crippen LogP contribution in [0, 0.1) is 37.0 Å². The fourth-order valence-electron chi connectivity index (χ4n) is 4.62. The molecule has 0 aliphatic carbocycles. The van der Waals surface area contributed by atoms with Gasteiger partial charge in [0.2, 0.25) is 23.6 Å². The van der Waals surface area contributed by atoms with Gasteiger partial charge in [0.25, 0.3) is 0 Å². The first-order valence-corrected chi connectivity index (χ1v) is 17.7. The first-order valence-electron chi connectivity index (χ1n) is 17.7. The second-order valence-electron chi connectivity index (χ2n) is 11.4. The van der Waals surface area contributed by atoms with Crippen molar-refractivity contribution >= 4 is 23.6 Å². The van der Waals surface area contributed by atoms with Crippen molar-refractivity contribution < 1.29 is 52.3 Å². The molecule has 0 radical (unpaired) electrons. The number of rotatable bonds is 36. The maximum absolute atomic E-state index is 13.2. The standard InChI is InChI=1S/C37H60N4O11/c1-5-20-47-27-30-50-24-17-38-33(42)11-14-37(41-36(45)10-8-9-23-46-4,15-12-34(43)39-18-25-51-31-28-48-21-6-2)16-13-35(44)40-19-26-52-32-29-49-22-7-3/h1-3H,8-32H2,4H3,(H,38,42)(H,39,43)(H,40,44)(H,41,45). The molecule has 294 valence electrons. The molecule has 0 fully saturated rings. The highest BCUT2D eigenvalue weighted by Gasteiger charge is 2.33. The van der Waals surface area contributed by atoms with E-state index < -0.39 is 5.54 Å². The Kier molecular flexibility index (Phi) is 33.1. The quantitative estimate of drug-likeness (QED) is 0.0515. The van der Waals surface area contributed by atoms with Gasteiger partial charge in [-0.2, -0.15) is 0 Å². The lowest BCUT2D eigenvalue weighted by molar-refractivity contribution is -0.127. The van der Waals surface area contributed by atoms with Gasteiger partial charge in [0, 0.05) is 64.6 Å². The van der Waals surface area contributed by atoms with Gasteiger partial charge < -0.3 is 54.4 Å². The van der Waals surface area contributed by atoms with Gasteiger partial charge >= 0.3 is 0 Å². The van der Waals surface area contributed by atoms with E-state index in [2.05, 4.69) is 39.0 Å². The van der Waals surface area contributed by atoms with Crippen LogP contribution < -0.4 is 21.3 Å². The van der Waals surface area contributed by atoms with E-state index in [1.54, 1.807) is 7.11 Å². The molecular weight excluding hydrogens is 676 g/mol. The topological polar surface area (TPSA) is 181 Å². The average molecular weight is 737 g/mol. The van der Waals surface area contributed by atoms with Gasteiger partial charge in [0.1, 0.15) is 19.8 Å².